The van der Waals surface area contributed by atoms with Gasteiger partial charge in [0.15, 0.2) is 5.11 Å². The van der Waals surface area contributed by atoms with Crippen molar-refractivity contribution in [1.82, 2.24) is 5.32 Å². The number of carbonyl (C=O) groups excluding carboxylic acids is 1. The Morgan fingerprint density at radius 2 is 1.64 bits per heavy atom. The molecular weight excluding hydrogens is 368 g/mol. The summed E-state index contributed by atoms with van der Waals surface area (Å²) in [6, 6.07) is 18.0. The van der Waals surface area contributed by atoms with Crippen LogP contribution >= 0.6 is 12.2 Å². The Balaban J connectivity index is 1.68. The van der Waals surface area contributed by atoms with Crippen molar-refractivity contribution >= 4 is 45.8 Å². The molecule has 0 spiro atoms. The molecule has 0 aliphatic carbocycles. The summed E-state index contributed by atoms with van der Waals surface area (Å²) < 4.78 is 5.27. The van der Waals surface area contributed by atoms with E-state index < -0.39 is 0 Å². The maximum Gasteiger partial charge on any atom is 0.281 e. The van der Waals surface area contributed by atoms with Gasteiger partial charge in [-0.05, 0) is 89.9 Å². The van der Waals surface area contributed by atoms with Crippen molar-refractivity contribution in [2.45, 2.75) is 13.8 Å². The maximum atomic E-state index is 13.0. The predicted molar refractivity (Wildman–Crippen MR) is 118 cm³/mol. The van der Waals surface area contributed by atoms with Gasteiger partial charge >= 0.3 is 0 Å². The molecule has 3 aromatic rings. The molecule has 140 valence electrons. The lowest BCUT2D eigenvalue weighted by Gasteiger charge is -2.15. The van der Waals surface area contributed by atoms with E-state index in [1.54, 1.807) is 12.0 Å². The zero-order valence-electron chi connectivity index (χ0n) is 15.9. The van der Waals surface area contributed by atoms with E-state index in [1.807, 2.05) is 68.5 Å². The molecule has 0 bridgehead atoms. The first kappa shape index (κ1) is 18.2. The van der Waals surface area contributed by atoms with Crippen LogP contribution in [0.3, 0.4) is 0 Å². The number of ether oxygens (including phenoxy) is 1. The number of carbonyl (C=O) groups is 1. The molecule has 1 saturated heterocycles. The highest BCUT2D eigenvalue weighted by atomic mass is 32.1. The molecule has 5 heteroatoms. The van der Waals surface area contributed by atoms with Crippen molar-refractivity contribution in [3.8, 4) is 5.75 Å². The van der Waals surface area contributed by atoms with Crippen LogP contribution in [0.1, 0.15) is 16.7 Å². The highest BCUT2D eigenvalue weighted by Gasteiger charge is 2.32. The minimum absolute atomic E-state index is 0.148. The Morgan fingerprint density at radius 3 is 2.36 bits per heavy atom. The monoisotopic (exact) mass is 388 g/mol. The van der Waals surface area contributed by atoms with E-state index >= 15 is 0 Å². The summed E-state index contributed by atoms with van der Waals surface area (Å²) in [6.45, 7) is 4.02. The van der Waals surface area contributed by atoms with Crippen LogP contribution in [0.15, 0.2) is 60.3 Å². The first-order valence-corrected chi connectivity index (χ1v) is 9.39. The summed E-state index contributed by atoms with van der Waals surface area (Å²) in [5.41, 5.74) is 4.37. The van der Waals surface area contributed by atoms with Gasteiger partial charge in [0.25, 0.3) is 5.91 Å². The third-order valence-electron chi connectivity index (χ3n) is 4.73. The van der Waals surface area contributed by atoms with Gasteiger partial charge in [-0.25, -0.2) is 0 Å². The lowest BCUT2D eigenvalue weighted by atomic mass is 10.1. The molecule has 3 aromatic carbocycles. The molecular formula is C23H20N2O2S. The number of benzene rings is 3. The Labute approximate surface area is 169 Å². The average Bonchev–Trinajstić information content (AvgIpc) is 2.93. The maximum absolute atomic E-state index is 13.0. The van der Waals surface area contributed by atoms with Crippen LogP contribution in [0.25, 0.3) is 16.8 Å². The summed E-state index contributed by atoms with van der Waals surface area (Å²) >= 11 is 5.42. The summed E-state index contributed by atoms with van der Waals surface area (Å²) in [7, 11) is 1.65. The Morgan fingerprint density at radius 1 is 0.964 bits per heavy atom. The SMILES string of the molecule is COc1ccc2cc(/C=C3\NC(=S)N(c4cc(C)cc(C)c4)C3=O)ccc2c1. The molecule has 0 unspecified atom stereocenters. The predicted octanol–water partition coefficient (Wildman–Crippen LogP) is 4.73. The molecule has 1 fully saturated rings. The van der Waals surface area contributed by atoms with Gasteiger partial charge in [0, 0.05) is 0 Å². The van der Waals surface area contributed by atoms with Gasteiger partial charge in [-0.3, -0.25) is 9.69 Å². The van der Waals surface area contributed by atoms with E-state index in [2.05, 4.69) is 11.4 Å². The lowest BCUT2D eigenvalue weighted by Crippen LogP contribution is -2.30. The van der Waals surface area contributed by atoms with Gasteiger partial charge in [-0.2, -0.15) is 0 Å². The minimum Gasteiger partial charge on any atom is -0.497 e. The van der Waals surface area contributed by atoms with Gasteiger partial charge in [0.1, 0.15) is 11.4 Å². The fourth-order valence-corrected chi connectivity index (χ4v) is 3.77. The molecule has 1 amide bonds. The number of aryl methyl sites for hydroxylation is 2. The zero-order valence-corrected chi connectivity index (χ0v) is 16.8. The molecule has 1 heterocycles. The van der Waals surface area contributed by atoms with E-state index in [4.69, 9.17) is 17.0 Å². The standard InChI is InChI=1S/C23H20N2O2S/c1-14-8-15(2)10-19(9-14)25-22(26)21(24-23(25)28)12-16-4-5-18-13-20(27-3)7-6-17(18)11-16/h4-13H,1-3H3,(H,24,28)/b21-12-. The molecule has 1 aliphatic rings. The quantitative estimate of drug-likeness (QED) is 0.520. The molecule has 0 radical (unpaired) electrons. The summed E-state index contributed by atoms with van der Waals surface area (Å²) in [5, 5.41) is 5.61. The molecule has 4 rings (SSSR count). The third-order valence-corrected chi connectivity index (χ3v) is 5.01. The summed E-state index contributed by atoms with van der Waals surface area (Å²) in [4.78, 5) is 14.5. The third kappa shape index (κ3) is 3.37. The lowest BCUT2D eigenvalue weighted by molar-refractivity contribution is -0.113. The van der Waals surface area contributed by atoms with E-state index in [-0.39, 0.29) is 5.91 Å². The number of amides is 1. The number of fused-ring (bicyclic) bond motifs is 1. The second kappa shape index (κ2) is 7.09. The topological polar surface area (TPSA) is 41.6 Å². The van der Waals surface area contributed by atoms with Gasteiger partial charge in [-0.1, -0.05) is 24.3 Å². The van der Waals surface area contributed by atoms with Crippen LogP contribution in [-0.2, 0) is 4.79 Å². The largest absolute Gasteiger partial charge is 0.497 e. The first-order chi connectivity index (χ1) is 13.4. The molecule has 0 atom stereocenters. The Kier molecular flexibility index (Phi) is 4.61. The highest BCUT2D eigenvalue weighted by Crippen LogP contribution is 2.26. The Bertz CT molecular complexity index is 1130. The van der Waals surface area contributed by atoms with Crippen molar-refractivity contribution in [3.63, 3.8) is 0 Å². The number of hydrogen-bond donors (Lipinski definition) is 1. The zero-order chi connectivity index (χ0) is 19.8. The second-order valence-corrected chi connectivity index (χ2v) is 7.33. The highest BCUT2D eigenvalue weighted by molar-refractivity contribution is 7.80. The van der Waals surface area contributed by atoms with Crippen molar-refractivity contribution in [2.75, 3.05) is 12.0 Å². The molecule has 0 saturated carbocycles. The normalized spacial score (nSPS) is 15.4. The smallest absolute Gasteiger partial charge is 0.281 e. The first-order valence-electron chi connectivity index (χ1n) is 8.98. The van der Waals surface area contributed by atoms with Crippen molar-refractivity contribution < 1.29 is 9.53 Å². The molecule has 4 nitrogen and oxygen atoms in total. The van der Waals surface area contributed by atoms with Crippen LogP contribution in [0.4, 0.5) is 5.69 Å². The minimum atomic E-state index is -0.148. The van der Waals surface area contributed by atoms with Crippen LogP contribution in [-0.4, -0.2) is 18.1 Å². The molecule has 28 heavy (non-hydrogen) atoms. The number of nitrogens with zero attached hydrogens (tertiary/aromatic N) is 1. The van der Waals surface area contributed by atoms with Gasteiger partial charge in [0.05, 0.1) is 12.8 Å². The number of anilines is 1. The Hall–Kier alpha value is -3.18. The van der Waals surface area contributed by atoms with Crippen LogP contribution in [0.2, 0.25) is 0 Å². The van der Waals surface area contributed by atoms with Gasteiger partial charge < -0.3 is 10.1 Å². The van der Waals surface area contributed by atoms with E-state index in [0.717, 1.165) is 38.9 Å². The van der Waals surface area contributed by atoms with Crippen LogP contribution in [0.5, 0.6) is 5.75 Å². The van der Waals surface area contributed by atoms with Crippen LogP contribution in [0, 0.1) is 13.8 Å². The number of nitrogens with one attached hydrogen (secondary N) is 1. The molecule has 0 aromatic heterocycles. The summed E-state index contributed by atoms with van der Waals surface area (Å²) in [5.74, 6) is 0.672. The van der Waals surface area contributed by atoms with E-state index in [9.17, 15) is 4.79 Å². The van der Waals surface area contributed by atoms with Crippen molar-refractivity contribution in [1.29, 1.82) is 0 Å². The number of hydrogen-bond acceptors (Lipinski definition) is 3. The van der Waals surface area contributed by atoms with Crippen molar-refractivity contribution in [2.24, 2.45) is 0 Å². The van der Waals surface area contributed by atoms with E-state index in [0.29, 0.717) is 10.8 Å². The van der Waals surface area contributed by atoms with Crippen molar-refractivity contribution in [3.05, 3.63) is 77.0 Å². The fraction of sp³-hybridized carbons (Fsp3) is 0.130. The van der Waals surface area contributed by atoms with E-state index in [1.165, 1.54) is 0 Å². The second-order valence-electron chi connectivity index (χ2n) is 6.95. The van der Waals surface area contributed by atoms with Gasteiger partial charge in [0.2, 0.25) is 0 Å². The number of methoxy groups -OCH3 is 1. The number of thiocarbonyl (C=S) groups is 1. The number of rotatable bonds is 3. The molecule has 1 N–H and O–H groups in total. The van der Waals surface area contributed by atoms with Gasteiger partial charge in [-0.15, -0.1) is 0 Å². The summed E-state index contributed by atoms with van der Waals surface area (Å²) in [6.07, 6.45) is 1.83. The average molecular weight is 388 g/mol. The van der Waals surface area contributed by atoms with Crippen LogP contribution < -0.4 is 15.0 Å². The fourth-order valence-electron chi connectivity index (χ4n) is 3.48. The molecule has 1 aliphatic heterocycles.